The number of piperidine rings is 1. The van der Waals surface area contributed by atoms with Gasteiger partial charge in [-0.05, 0) is 60.1 Å². The molecule has 3 nitrogen and oxygen atoms in total. The molecule has 0 radical (unpaired) electrons. The highest BCUT2D eigenvalue weighted by Gasteiger charge is 2.29. The summed E-state index contributed by atoms with van der Waals surface area (Å²) < 4.78 is 3.18. The van der Waals surface area contributed by atoms with Crippen LogP contribution in [0.2, 0.25) is 0 Å². The fourth-order valence-corrected chi connectivity index (χ4v) is 3.48. The molecule has 19 heavy (non-hydrogen) atoms. The fourth-order valence-electron chi connectivity index (χ4n) is 3.02. The van der Waals surface area contributed by atoms with E-state index in [2.05, 4.69) is 53.6 Å². The van der Waals surface area contributed by atoms with Crippen LogP contribution in [0.5, 0.6) is 0 Å². The van der Waals surface area contributed by atoms with E-state index in [1.165, 1.54) is 36.1 Å². The Bertz CT molecular complexity index is 437. The molecule has 108 valence electrons. The van der Waals surface area contributed by atoms with Crippen LogP contribution in [-0.4, -0.2) is 27.8 Å². The van der Waals surface area contributed by atoms with Crippen LogP contribution in [0.1, 0.15) is 45.0 Å². The molecule has 1 aliphatic rings. The largest absolute Gasteiger partial charge is 0.297 e. The van der Waals surface area contributed by atoms with Crippen LogP contribution in [0.25, 0.3) is 0 Å². The first-order chi connectivity index (χ1) is 8.79. The maximum Gasteiger partial charge on any atom is 0.0739 e. The van der Waals surface area contributed by atoms with E-state index < -0.39 is 0 Å². The predicted molar refractivity (Wildman–Crippen MR) is 83.1 cm³/mol. The third-order valence-corrected chi connectivity index (χ3v) is 5.48. The smallest absolute Gasteiger partial charge is 0.0739 e. The molecular formula is C15H26BrN3. The van der Waals surface area contributed by atoms with Crippen molar-refractivity contribution in [3.63, 3.8) is 0 Å². The number of hydrogen-bond acceptors (Lipinski definition) is 2. The zero-order valence-electron chi connectivity index (χ0n) is 12.8. The molecule has 0 aromatic carbocycles. The Kier molecular flexibility index (Phi) is 4.41. The van der Waals surface area contributed by atoms with Crippen molar-refractivity contribution in [2.24, 2.45) is 18.4 Å². The predicted octanol–water partition coefficient (Wildman–Crippen LogP) is 3.75. The van der Waals surface area contributed by atoms with Crippen LogP contribution in [0.4, 0.5) is 0 Å². The number of aromatic nitrogens is 2. The van der Waals surface area contributed by atoms with Crippen molar-refractivity contribution in [2.45, 2.75) is 47.1 Å². The monoisotopic (exact) mass is 327 g/mol. The molecule has 0 unspecified atom stereocenters. The van der Waals surface area contributed by atoms with Crippen molar-refractivity contribution >= 4 is 15.9 Å². The lowest BCUT2D eigenvalue weighted by atomic mass is 9.75. The minimum atomic E-state index is 0.454. The Hall–Kier alpha value is -0.350. The molecule has 0 amide bonds. The Balaban J connectivity index is 1.96. The molecule has 0 aliphatic carbocycles. The van der Waals surface area contributed by atoms with Crippen LogP contribution in [0.15, 0.2) is 4.47 Å². The van der Waals surface area contributed by atoms with Gasteiger partial charge in [0.25, 0.3) is 0 Å². The average molecular weight is 328 g/mol. The van der Waals surface area contributed by atoms with Crippen LogP contribution in [0, 0.1) is 18.3 Å². The zero-order chi connectivity index (χ0) is 14.2. The summed E-state index contributed by atoms with van der Waals surface area (Å²) in [6.07, 6.45) is 2.63. The molecule has 4 heteroatoms. The van der Waals surface area contributed by atoms with Gasteiger partial charge in [0.2, 0.25) is 0 Å². The topological polar surface area (TPSA) is 21.1 Å². The van der Waals surface area contributed by atoms with Gasteiger partial charge >= 0.3 is 0 Å². The maximum absolute atomic E-state index is 4.47. The van der Waals surface area contributed by atoms with E-state index in [0.29, 0.717) is 5.41 Å². The maximum atomic E-state index is 4.47. The first-order valence-corrected chi connectivity index (χ1v) is 7.98. The van der Waals surface area contributed by atoms with E-state index in [9.17, 15) is 0 Å². The Morgan fingerprint density at radius 3 is 2.26 bits per heavy atom. The van der Waals surface area contributed by atoms with Gasteiger partial charge in [0.1, 0.15) is 0 Å². The molecule has 0 spiro atoms. The summed E-state index contributed by atoms with van der Waals surface area (Å²) >= 11 is 3.66. The van der Waals surface area contributed by atoms with Crippen molar-refractivity contribution in [3.05, 3.63) is 15.9 Å². The summed E-state index contributed by atoms with van der Waals surface area (Å²) in [5.41, 5.74) is 2.84. The molecule has 1 saturated heterocycles. The Labute approximate surface area is 125 Å². The zero-order valence-corrected chi connectivity index (χ0v) is 14.4. The molecule has 1 aliphatic heterocycles. The van der Waals surface area contributed by atoms with E-state index in [1.54, 1.807) is 0 Å². The molecule has 1 aromatic rings. The minimum Gasteiger partial charge on any atom is -0.297 e. The van der Waals surface area contributed by atoms with Gasteiger partial charge in [0.05, 0.1) is 15.9 Å². The van der Waals surface area contributed by atoms with Crippen LogP contribution >= 0.6 is 15.9 Å². The van der Waals surface area contributed by atoms with Gasteiger partial charge in [-0.1, -0.05) is 20.8 Å². The minimum absolute atomic E-state index is 0.454. The van der Waals surface area contributed by atoms with E-state index >= 15 is 0 Å². The summed E-state index contributed by atoms with van der Waals surface area (Å²) in [6.45, 7) is 12.6. The second-order valence-corrected chi connectivity index (χ2v) is 7.68. The summed E-state index contributed by atoms with van der Waals surface area (Å²) in [5, 5.41) is 4.47. The number of rotatable bonds is 2. The first kappa shape index (κ1) is 15.0. The summed E-state index contributed by atoms with van der Waals surface area (Å²) in [6, 6.07) is 0. The van der Waals surface area contributed by atoms with Gasteiger partial charge in [0, 0.05) is 13.6 Å². The van der Waals surface area contributed by atoms with Gasteiger partial charge in [-0.2, -0.15) is 5.10 Å². The molecule has 0 atom stereocenters. The average Bonchev–Trinajstić information content (AvgIpc) is 2.56. The standard InChI is InChI=1S/C15H26BrN3/c1-11-14(16)13(18(5)17-11)10-19-8-6-12(7-9-19)15(2,3)4/h12H,6-10H2,1-5H3. The van der Waals surface area contributed by atoms with Crippen molar-refractivity contribution < 1.29 is 0 Å². The molecule has 1 fully saturated rings. The second-order valence-electron chi connectivity index (χ2n) is 6.89. The van der Waals surface area contributed by atoms with E-state index in [4.69, 9.17) is 0 Å². The highest BCUT2D eigenvalue weighted by molar-refractivity contribution is 9.10. The van der Waals surface area contributed by atoms with Gasteiger partial charge < -0.3 is 0 Å². The van der Waals surface area contributed by atoms with Crippen LogP contribution in [0.3, 0.4) is 0 Å². The second kappa shape index (κ2) is 5.57. The van der Waals surface area contributed by atoms with Crippen LogP contribution in [-0.2, 0) is 13.6 Å². The normalized spacial score (nSPS) is 19.1. The molecule has 2 rings (SSSR count). The Morgan fingerprint density at radius 2 is 1.84 bits per heavy atom. The third-order valence-electron chi connectivity index (χ3n) is 4.45. The molecule has 0 bridgehead atoms. The summed E-state index contributed by atoms with van der Waals surface area (Å²) in [5.74, 6) is 0.862. The first-order valence-electron chi connectivity index (χ1n) is 7.19. The molecule has 0 saturated carbocycles. The molecular weight excluding hydrogens is 302 g/mol. The number of likely N-dealkylation sites (tertiary alicyclic amines) is 1. The van der Waals surface area contributed by atoms with Gasteiger partial charge in [-0.15, -0.1) is 0 Å². The SMILES string of the molecule is Cc1nn(C)c(CN2CCC(C(C)(C)C)CC2)c1Br. The van der Waals surface area contributed by atoms with E-state index in [-0.39, 0.29) is 0 Å². The van der Waals surface area contributed by atoms with Gasteiger partial charge in [-0.3, -0.25) is 9.58 Å². The lowest BCUT2D eigenvalue weighted by molar-refractivity contribution is 0.106. The van der Waals surface area contributed by atoms with Crippen molar-refractivity contribution in [1.82, 2.24) is 14.7 Å². The quantitative estimate of drug-likeness (QED) is 0.824. The lowest BCUT2D eigenvalue weighted by Crippen LogP contribution is -2.38. The summed E-state index contributed by atoms with van der Waals surface area (Å²) in [7, 11) is 2.04. The highest BCUT2D eigenvalue weighted by atomic mass is 79.9. The van der Waals surface area contributed by atoms with Crippen molar-refractivity contribution in [1.29, 1.82) is 0 Å². The lowest BCUT2D eigenvalue weighted by Gasteiger charge is -2.38. The van der Waals surface area contributed by atoms with Gasteiger partial charge in [0.15, 0.2) is 0 Å². The summed E-state index contributed by atoms with van der Waals surface area (Å²) in [4.78, 5) is 2.56. The molecule has 1 aromatic heterocycles. The van der Waals surface area contributed by atoms with Crippen molar-refractivity contribution in [2.75, 3.05) is 13.1 Å². The van der Waals surface area contributed by atoms with Gasteiger partial charge in [-0.25, -0.2) is 0 Å². The van der Waals surface area contributed by atoms with E-state index in [1.807, 2.05) is 11.7 Å². The number of halogens is 1. The van der Waals surface area contributed by atoms with E-state index in [0.717, 1.165) is 18.2 Å². The number of aryl methyl sites for hydroxylation is 2. The highest BCUT2D eigenvalue weighted by Crippen LogP contribution is 2.35. The van der Waals surface area contributed by atoms with Crippen molar-refractivity contribution in [3.8, 4) is 0 Å². The third kappa shape index (κ3) is 3.40. The number of hydrogen-bond donors (Lipinski definition) is 0. The molecule has 2 heterocycles. The Morgan fingerprint density at radius 1 is 1.26 bits per heavy atom. The number of nitrogens with zero attached hydrogens (tertiary/aromatic N) is 3. The van der Waals surface area contributed by atoms with Crippen LogP contribution < -0.4 is 0 Å². The fraction of sp³-hybridized carbons (Fsp3) is 0.800. The molecule has 0 N–H and O–H groups in total.